The van der Waals surface area contributed by atoms with E-state index in [-0.39, 0.29) is 0 Å². The lowest BCUT2D eigenvalue weighted by molar-refractivity contribution is 0.915. The minimum absolute atomic E-state index is 0.733. The van der Waals surface area contributed by atoms with E-state index in [1.165, 1.54) is 18.4 Å². The first kappa shape index (κ1) is 8.70. The van der Waals surface area contributed by atoms with Crippen molar-refractivity contribution in [1.82, 2.24) is 0 Å². The summed E-state index contributed by atoms with van der Waals surface area (Å²) in [6, 6.07) is 0. The highest BCUT2D eigenvalue weighted by Crippen LogP contribution is 2.00. The summed E-state index contributed by atoms with van der Waals surface area (Å²) in [5.41, 5.74) is 6.84. The zero-order chi connectivity index (χ0) is 7.11. The molecule has 0 aromatic heterocycles. The Labute approximate surface area is 57.9 Å². The van der Waals surface area contributed by atoms with Gasteiger partial charge >= 0.3 is 0 Å². The first-order valence-electron chi connectivity index (χ1n) is 3.73. The van der Waals surface area contributed by atoms with Crippen molar-refractivity contribution in [2.24, 2.45) is 5.73 Å². The normalized spacial score (nSPS) is 12.1. The third-order valence-corrected chi connectivity index (χ3v) is 1.44. The molecule has 0 heterocycles. The Bertz CT molecular complexity index is 78.6. The maximum Gasteiger partial charge on any atom is 0.0136 e. The van der Waals surface area contributed by atoms with Crippen molar-refractivity contribution in [3.8, 4) is 0 Å². The van der Waals surface area contributed by atoms with Gasteiger partial charge in [-0.15, -0.1) is 0 Å². The van der Waals surface area contributed by atoms with Crippen LogP contribution in [0.4, 0.5) is 0 Å². The summed E-state index contributed by atoms with van der Waals surface area (Å²) in [4.78, 5) is 0. The molecule has 0 aliphatic carbocycles. The van der Waals surface area contributed by atoms with Crippen molar-refractivity contribution in [3.05, 3.63) is 11.6 Å². The molecule has 54 valence electrons. The molecule has 0 aromatic carbocycles. The van der Waals surface area contributed by atoms with E-state index in [0.29, 0.717) is 0 Å². The van der Waals surface area contributed by atoms with E-state index in [2.05, 4.69) is 19.9 Å². The van der Waals surface area contributed by atoms with Crippen LogP contribution in [0.5, 0.6) is 0 Å². The van der Waals surface area contributed by atoms with Crippen molar-refractivity contribution in [1.29, 1.82) is 0 Å². The van der Waals surface area contributed by atoms with E-state index in [1.807, 2.05) is 0 Å². The topological polar surface area (TPSA) is 26.0 Å². The largest absolute Gasteiger partial charge is 0.327 e. The number of nitrogens with two attached hydrogens (primary N) is 1. The molecule has 0 aliphatic rings. The minimum Gasteiger partial charge on any atom is -0.327 e. The predicted octanol–water partition coefficient (Wildman–Crippen LogP) is 2.08. The van der Waals surface area contributed by atoms with Crippen LogP contribution in [0.25, 0.3) is 0 Å². The Morgan fingerprint density at radius 3 is 2.44 bits per heavy atom. The zero-order valence-corrected chi connectivity index (χ0v) is 6.48. The van der Waals surface area contributed by atoms with E-state index < -0.39 is 0 Å². The Kier molecular flexibility index (Phi) is 5.64. The molecule has 0 radical (unpaired) electrons. The van der Waals surface area contributed by atoms with Crippen molar-refractivity contribution in [2.75, 3.05) is 6.54 Å². The van der Waals surface area contributed by atoms with Gasteiger partial charge in [-0.3, -0.25) is 0 Å². The second-order valence-corrected chi connectivity index (χ2v) is 2.21. The van der Waals surface area contributed by atoms with E-state index in [9.17, 15) is 0 Å². The monoisotopic (exact) mass is 127 g/mol. The highest BCUT2D eigenvalue weighted by Gasteiger charge is 1.86. The van der Waals surface area contributed by atoms with Crippen molar-refractivity contribution < 1.29 is 0 Å². The molecule has 2 N–H and O–H groups in total. The molecule has 0 aromatic rings. The second kappa shape index (κ2) is 5.83. The molecular formula is C8H17N. The van der Waals surface area contributed by atoms with Crippen LogP contribution in [0.3, 0.4) is 0 Å². The Morgan fingerprint density at radius 1 is 1.44 bits per heavy atom. The van der Waals surface area contributed by atoms with Crippen molar-refractivity contribution in [3.63, 3.8) is 0 Å². The van der Waals surface area contributed by atoms with Crippen molar-refractivity contribution >= 4 is 0 Å². The van der Waals surface area contributed by atoms with E-state index >= 15 is 0 Å². The molecule has 0 rings (SSSR count). The summed E-state index contributed by atoms with van der Waals surface area (Å²) in [5.74, 6) is 0. The lowest BCUT2D eigenvalue weighted by atomic mass is 10.1. The van der Waals surface area contributed by atoms with Gasteiger partial charge in [0.1, 0.15) is 0 Å². The third kappa shape index (κ3) is 4.22. The average molecular weight is 127 g/mol. The fourth-order valence-corrected chi connectivity index (χ4v) is 0.720. The van der Waals surface area contributed by atoms with Crippen LogP contribution in [0.15, 0.2) is 11.6 Å². The summed E-state index contributed by atoms with van der Waals surface area (Å²) in [6.45, 7) is 5.06. The highest BCUT2D eigenvalue weighted by molar-refractivity contribution is 5.01. The van der Waals surface area contributed by atoms with E-state index in [1.54, 1.807) is 0 Å². The molecule has 0 aliphatic heterocycles. The number of hydrogen-bond acceptors (Lipinski definition) is 1. The Hall–Kier alpha value is -0.300. The molecule has 0 fully saturated rings. The summed E-state index contributed by atoms with van der Waals surface area (Å²) >= 11 is 0. The van der Waals surface area contributed by atoms with Gasteiger partial charge in [0.05, 0.1) is 0 Å². The fourth-order valence-electron chi connectivity index (χ4n) is 0.720. The molecule has 1 heteroatoms. The van der Waals surface area contributed by atoms with Gasteiger partial charge in [-0.05, 0) is 12.8 Å². The molecular weight excluding hydrogens is 110 g/mol. The first-order valence-corrected chi connectivity index (χ1v) is 3.73. The highest BCUT2D eigenvalue weighted by atomic mass is 14.5. The van der Waals surface area contributed by atoms with Crippen LogP contribution < -0.4 is 5.73 Å². The van der Waals surface area contributed by atoms with E-state index in [4.69, 9.17) is 5.73 Å². The van der Waals surface area contributed by atoms with Crippen LogP contribution in [-0.2, 0) is 0 Å². The number of unbranched alkanes of at least 4 members (excludes halogenated alkanes) is 1. The van der Waals surface area contributed by atoms with Crippen LogP contribution in [0.2, 0.25) is 0 Å². The van der Waals surface area contributed by atoms with Gasteiger partial charge in [0.2, 0.25) is 0 Å². The molecule has 9 heavy (non-hydrogen) atoms. The molecule has 0 atom stereocenters. The lowest BCUT2D eigenvalue weighted by Gasteiger charge is -1.97. The van der Waals surface area contributed by atoms with Gasteiger partial charge in [0.15, 0.2) is 0 Å². The quantitative estimate of drug-likeness (QED) is 0.575. The second-order valence-electron chi connectivity index (χ2n) is 2.21. The maximum atomic E-state index is 5.46. The Balaban J connectivity index is 3.48. The minimum atomic E-state index is 0.733. The molecule has 1 nitrogen and oxygen atoms in total. The zero-order valence-electron chi connectivity index (χ0n) is 6.48. The summed E-state index contributed by atoms with van der Waals surface area (Å²) in [6.07, 6.45) is 5.76. The molecule has 0 amide bonds. The fraction of sp³-hybridized carbons (Fsp3) is 0.750. The van der Waals surface area contributed by atoms with Gasteiger partial charge in [-0.1, -0.05) is 31.9 Å². The van der Waals surface area contributed by atoms with Crippen LogP contribution in [0, 0.1) is 0 Å². The molecule has 0 spiro atoms. The predicted molar refractivity (Wildman–Crippen MR) is 42.3 cm³/mol. The van der Waals surface area contributed by atoms with Gasteiger partial charge in [0.25, 0.3) is 0 Å². The maximum absolute atomic E-state index is 5.46. The molecule has 0 unspecified atom stereocenters. The van der Waals surface area contributed by atoms with Gasteiger partial charge < -0.3 is 5.73 Å². The van der Waals surface area contributed by atoms with Crippen LogP contribution in [0.1, 0.15) is 33.1 Å². The number of allylic oxidation sites excluding steroid dienone is 1. The van der Waals surface area contributed by atoms with Gasteiger partial charge in [-0.2, -0.15) is 0 Å². The average Bonchev–Trinajstić information content (AvgIpc) is 1.91. The first-order chi connectivity index (χ1) is 4.35. The van der Waals surface area contributed by atoms with Crippen LogP contribution in [-0.4, -0.2) is 6.54 Å². The standard InChI is InChI=1S/C8H17N/c1-3-5-6-8(4-2)7-9/h6H,3-5,7,9H2,1-2H3. The number of hydrogen-bond donors (Lipinski definition) is 1. The smallest absolute Gasteiger partial charge is 0.0136 e. The Morgan fingerprint density at radius 2 is 2.11 bits per heavy atom. The number of rotatable bonds is 4. The third-order valence-electron chi connectivity index (χ3n) is 1.44. The van der Waals surface area contributed by atoms with Gasteiger partial charge in [0, 0.05) is 6.54 Å². The summed E-state index contributed by atoms with van der Waals surface area (Å²) in [7, 11) is 0. The summed E-state index contributed by atoms with van der Waals surface area (Å²) < 4.78 is 0. The van der Waals surface area contributed by atoms with Crippen molar-refractivity contribution in [2.45, 2.75) is 33.1 Å². The summed E-state index contributed by atoms with van der Waals surface area (Å²) in [5, 5.41) is 0. The molecule has 0 saturated carbocycles. The SMILES string of the molecule is CCCC=C(CC)CN. The van der Waals surface area contributed by atoms with E-state index in [0.717, 1.165) is 13.0 Å². The lowest BCUT2D eigenvalue weighted by Crippen LogP contribution is -2.01. The molecule has 0 bridgehead atoms. The molecule has 0 saturated heterocycles. The van der Waals surface area contributed by atoms with Crippen LogP contribution >= 0.6 is 0 Å². The van der Waals surface area contributed by atoms with Gasteiger partial charge in [-0.25, -0.2) is 0 Å².